The number of hydrogen-bond acceptors (Lipinski definition) is 7. The summed E-state index contributed by atoms with van der Waals surface area (Å²) in [6.07, 6.45) is 2.45. The molecule has 1 saturated heterocycles. The molecule has 7 nitrogen and oxygen atoms in total. The number of benzene rings is 2. The maximum absolute atomic E-state index is 12.7. The maximum Gasteiger partial charge on any atom is 0.234 e. The standard InChI is InChI=1S/C24H26N6OS2/c25-12-15-32-21-11-5-4-10-20(21)26-23(31)18-33-24-28-27-22(17-29-13-6-7-14-29)30(24)16-19-8-2-1-3-9-19/h1-5,8-11H,6-7,13-18H2,(H,26,31). The van der Waals surface area contributed by atoms with Gasteiger partial charge < -0.3 is 9.88 Å². The second kappa shape index (κ2) is 11.9. The van der Waals surface area contributed by atoms with Crippen LogP contribution in [0.2, 0.25) is 0 Å². The van der Waals surface area contributed by atoms with Crippen LogP contribution in [-0.2, 0) is 17.9 Å². The molecule has 1 aliphatic heterocycles. The van der Waals surface area contributed by atoms with Crippen molar-refractivity contribution in [3.63, 3.8) is 0 Å². The van der Waals surface area contributed by atoms with Gasteiger partial charge in [-0.15, -0.1) is 22.0 Å². The van der Waals surface area contributed by atoms with E-state index in [2.05, 4.69) is 43.2 Å². The van der Waals surface area contributed by atoms with Crippen LogP contribution >= 0.6 is 23.5 Å². The lowest BCUT2D eigenvalue weighted by molar-refractivity contribution is -0.113. The number of likely N-dealkylation sites (tertiary alicyclic amines) is 1. The first-order valence-corrected chi connectivity index (χ1v) is 12.9. The number of carbonyl (C=O) groups excluding carboxylic acids is 1. The van der Waals surface area contributed by atoms with Gasteiger partial charge in [0.05, 0.1) is 36.4 Å². The minimum absolute atomic E-state index is 0.111. The van der Waals surface area contributed by atoms with Gasteiger partial charge in [-0.3, -0.25) is 9.69 Å². The Morgan fingerprint density at radius 2 is 1.76 bits per heavy atom. The van der Waals surface area contributed by atoms with E-state index in [9.17, 15) is 4.79 Å². The van der Waals surface area contributed by atoms with Crippen LogP contribution in [-0.4, -0.2) is 50.2 Å². The summed E-state index contributed by atoms with van der Waals surface area (Å²) >= 11 is 2.81. The molecule has 0 atom stereocenters. The van der Waals surface area contributed by atoms with Crippen LogP contribution in [0.4, 0.5) is 5.69 Å². The Hall–Kier alpha value is -2.80. The van der Waals surface area contributed by atoms with E-state index in [1.807, 2.05) is 42.5 Å². The molecule has 3 aromatic rings. The lowest BCUT2D eigenvalue weighted by Crippen LogP contribution is -2.22. The molecule has 2 heterocycles. The molecule has 9 heteroatoms. The van der Waals surface area contributed by atoms with Crippen LogP contribution in [0.25, 0.3) is 0 Å². The normalized spacial score (nSPS) is 13.7. The zero-order chi connectivity index (χ0) is 22.9. The van der Waals surface area contributed by atoms with Gasteiger partial charge in [-0.1, -0.05) is 54.2 Å². The summed E-state index contributed by atoms with van der Waals surface area (Å²) in [5.74, 6) is 1.39. The number of aromatic nitrogens is 3. The molecule has 1 aliphatic rings. The highest BCUT2D eigenvalue weighted by atomic mass is 32.2. The average Bonchev–Trinajstić information content (AvgIpc) is 3.48. The molecular formula is C24H26N6OS2. The summed E-state index contributed by atoms with van der Waals surface area (Å²) in [6.45, 7) is 3.63. The van der Waals surface area contributed by atoms with Gasteiger partial charge in [-0.05, 0) is 43.6 Å². The Morgan fingerprint density at radius 1 is 1.00 bits per heavy atom. The molecule has 1 aromatic heterocycles. The van der Waals surface area contributed by atoms with Crippen molar-refractivity contribution in [2.45, 2.75) is 36.0 Å². The minimum atomic E-state index is -0.111. The highest BCUT2D eigenvalue weighted by Gasteiger charge is 2.19. The Morgan fingerprint density at radius 3 is 2.55 bits per heavy atom. The summed E-state index contributed by atoms with van der Waals surface area (Å²) in [5.41, 5.74) is 1.90. The third kappa shape index (κ3) is 6.60. The Labute approximate surface area is 202 Å². The number of amides is 1. The topological polar surface area (TPSA) is 86.8 Å². The van der Waals surface area contributed by atoms with Crippen molar-refractivity contribution >= 4 is 35.1 Å². The smallest absolute Gasteiger partial charge is 0.234 e. The fourth-order valence-electron chi connectivity index (χ4n) is 3.73. The number of nitriles is 1. The maximum atomic E-state index is 12.7. The van der Waals surface area contributed by atoms with Gasteiger partial charge >= 0.3 is 0 Å². The van der Waals surface area contributed by atoms with E-state index < -0.39 is 0 Å². The lowest BCUT2D eigenvalue weighted by atomic mass is 10.2. The second-order valence-corrected chi connectivity index (χ2v) is 9.69. The molecule has 1 amide bonds. The Balaban J connectivity index is 1.44. The van der Waals surface area contributed by atoms with Crippen LogP contribution in [0.5, 0.6) is 0 Å². The van der Waals surface area contributed by atoms with Crippen molar-refractivity contribution < 1.29 is 4.79 Å². The molecule has 1 N–H and O–H groups in total. The van der Waals surface area contributed by atoms with Crippen LogP contribution in [0.15, 0.2) is 64.6 Å². The molecule has 0 unspecified atom stereocenters. The fraction of sp³-hybridized carbons (Fsp3) is 0.333. The first-order chi connectivity index (χ1) is 16.2. The van der Waals surface area contributed by atoms with E-state index in [0.717, 1.165) is 41.2 Å². The van der Waals surface area contributed by atoms with E-state index in [0.29, 0.717) is 12.3 Å². The molecule has 0 spiro atoms. The highest BCUT2D eigenvalue weighted by Crippen LogP contribution is 2.27. The van der Waals surface area contributed by atoms with Gasteiger partial charge in [0, 0.05) is 4.90 Å². The molecule has 0 radical (unpaired) electrons. The zero-order valence-electron chi connectivity index (χ0n) is 18.3. The van der Waals surface area contributed by atoms with Crippen LogP contribution < -0.4 is 5.32 Å². The molecule has 170 valence electrons. The van der Waals surface area contributed by atoms with Crippen molar-refractivity contribution in [1.82, 2.24) is 19.7 Å². The fourth-order valence-corrected chi connectivity index (χ4v) is 5.16. The number of rotatable bonds is 10. The van der Waals surface area contributed by atoms with Gasteiger partial charge in [0.25, 0.3) is 0 Å². The van der Waals surface area contributed by atoms with Crippen molar-refractivity contribution in [3.05, 3.63) is 66.0 Å². The number of carbonyl (C=O) groups is 1. The number of anilines is 1. The highest BCUT2D eigenvalue weighted by molar-refractivity contribution is 8.00. The zero-order valence-corrected chi connectivity index (χ0v) is 19.9. The monoisotopic (exact) mass is 478 g/mol. The van der Waals surface area contributed by atoms with Crippen LogP contribution in [0.1, 0.15) is 24.2 Å². The first-order valence-electron chi connectivity index (χ1n) is 10.9. The molecule has 0 saturated carbocycles. The number of para-hydroxylation sites is 1. The van der Waals surface area contributed by atoms with Crippen LogP contribution in [0, 0.1) is 11.3 Å². The van der Waals surface area contributed by atoms with E-state index in [1.54, 1.807) is 0 Å². The number of hydrogen-bond donors (Lipinski definition) is 1. The summed E-state index contributed by atoms with van der Waals surface area (Å²) in [4.78, 5) is 16.0. The number of nitrogens with zero attached hydrogens (tertiary/aromatic N) is 5. The molecule has 33 heavy (non-hydrogen) atoms. The number of nitrogens with one attached hydrogen (secondary N) is 1. The van der Waals surface area contributed by atoms with E-state index in [4.69, 9.17) is 5.26 Å². The van der Waals surface area contributed by atoms with Gasteiger partial charge in [-0.2, -0.15) is 5.26 Å². The summed E-state index contributed by atoms with van der Waals surface area (Å²) in [6, 6.07) is 19.9. The third-order valence-electron chi connectivity index (χ3n) is 5.33. The van der Waals surface area contributed by atoms with Gasteiger partial charge in [0.15, 0.2) is 5.16 Å². The van der Waals surface area contributed by atoms with Gasteiger partial charge in [0.1, 0.15) is 5.82 Å². The third-order valence-corrected chi connectivity index (χ3v) is 7.23. The number of thioether (sulfide) groups is 2. The molecule has 0 aliphatic carbocycles. The SMILES string of the molecule is N#CCSc1ccccc1NC(=O)CSc1nnc(CN2CCCC2)n1Cc1ccccc1. The molecule has 1 fully saturated rings. The largest absolute Gasteiger partial charge is 0.324 e. The van der Waals surface area contributed by atoms with Crippen molar-refractivity contribution in [2.24, 2.45) is 0 Å². The molecular weight excluding hydrogens is 452 g/mol. The van der Waals surface area contributed by atoms with Crippen molar-refractivity contribution in [3.8, 4) is 6.07 Å². The summed E-state index contributed by atoms with van der Waals surface area (Å²) in [5, 5.41) is 21.5. The Kier molecular flexibility index (Phi) is 8.41. The van der Waals surface area contributed by atoms with Crippen molar-refractivity contribution in [2.75, 3.05) is 29.9 Å². The molecule has 4 rings (SSSR count). The second-order valence-electron chi connectivity index (χ2n) is 7.73. The predicted octanol–water partition coefficient (Wildman–Crippen LogP) is 4.27. The first kappa shape index (κ1) is 23.4. The Bertz CT molecular complexity index is 1110. The summed E-state index contributed by atoms with van der Waals surface area (Å²) < 4.78 is 2.13. The van der Waals surface area contributed by atoms with Gasteiger partial charge in [0.2, 0.25) is 5.91 Å². The van der Waals surface area contributed by atoms with Gasteiger partial charge in [-0.25, -0.2) is 0 Å². The molecule has 0 bridgehead atoms. The minimum Gasteiger partial charge on any atom is -0.324 e. The average molecular weight is 479 g/mol. The van der Waals surface area contributed by atoms with E-state index in [1.165, 1.54) is 41.9 Å². The van der Waals surface area contributed by atoms with E-state index in [-0.39, 0.29) is 11.7 Å². The van der Waals surface area contributed by atoms with Crippen LogP contribution in [0.3, 0.4) is 0 Å². The molecule has 2 aromatic carbocycles. The predicted molar refractivity (Wildman–Crippen MR) is 132 cm³/mol. The quantitative estimate of drug-likeness (QED) is 0.436. The van der Waals surface area contributed by atoms with E-state index >= 15 is 0 Å². The summed E-state index contributed by atoms with van der Waals surface area (Å²) in [7, 11) is 0. The van der Waals surface area contributed by atoms with Crippen molar-refractivity contribution in [1.29, 1.82) is 5.26 Å². The lowest BCUT2D eigenvalue weighted by Gasteiger charge is -2.16.